The average molecular weight is 409 g/mol. The van der Waals surface area contributed by atoms with Crippen molar-refractivity contribution in [1.82, 2.24) is 4.98 Å². The zero-order valence-electron chi connectivity index (χ0n) is 14.6. The van der Waals surface area contributed by atoms with Gasteiger partial charge in [0.25, 0.3) is 0 Å². The van der Waals surface area contributed by atoms with Crippen molar-refractivity contribution in [3.63, 3.8) is 0 Å². The Morgan fingerprint density at radius 3 is 2.54 bits per heavy atom. The van der Waals surface area contributed by atoms with Crippen LogP contribution in [0.2, 0.25) is 5.02 Å². The first-order valence-electron chi connectivity index (χ1n) is 8.56. The van der Waals surface area contributed by atoms with Crippen LogP contribution in [0.25, 0.3) is 0 Å². The molecule has 28 heavy (non-hydrogen) atoms. The summed E-state index contributed by atoms with van der Waals surface area (Å²) in [6, 6.07) is 8.48. The maximum absolute atomic E-state index is 13.1. The fourth-order valence-electron chi connectivity index (χ4n) is 3.14. The third-order valence-corrected chi connectivity index (χ3v) is 4.86. The highest BCUT2D eigenvalue weighted by atomic mass is 35.5. The molecule has 1 aliphatic rings. The molecular formula is C19H16ClF3N4O. The Hall–Kier alpha value is -2.79. The Bertz CT molecular complexity index is 901. The van der Waals surface area contributed by atoms with Crippen LogP contribution >= 0.6 is 11.6 Å². The van der Waals surface area contributed by atoms with Gasteiger partial charge in [0.15, 0.2) is 0 Å². The van der Waals surface area contributed by atoms with E-state index in [9.17, 15) is 18.0 Å². The van der Waals surface area contributed by atoms with Crippen molar-refractivity contribution < 1.29 is 18.0 Å². The van der Waals surface area contributed by atoms with Gasteiger partial charge in [-0.1, -0.05) is 11.6 Å². The number of aromatic nitrogens is 1. The lowest BCUT2D eigenvalue weighted by Crippen LogP contribution is -2.38. The number of piperidine rings is 1. The minimum atomic E-state index is -4.59. The molecule has 1 aromatic carbocycles. The van der Waals surface area contributed by atoms with Crippen LogP contribution in [0.15, 0.2) is 36.5 Å². The monoisotopic (exact) mass is 408 g/mol. The zero-order chi connectivity index (χ0) is 20.3. The normalized spacial score (nSPS) is 15.2. The van der Waals surface area contributed by atoms with Crippen LogP contribution in [0.4, 0.5) is 24.7 Å². The smallest absolute Gasteiger partial charge is 0.371 e. The fourth-order valence-corrected chi connectivity index (χ4v) is 3.25. The van der Waals surface area contributed by atoms with Gasteiger partial charge in [0.2, 0.25) is 5.91 Å². The van der Waals surface area contributed by atoms with Gasteiger partial charge in [-0.2, -0.15) is 18.4 Å². The molecule has 0 bridgehead atoms. The molecule has 2 aromatic rings. The topological polar surface area (TPSA) is 69.0 Å². The first-order valence-corrected chi connectivity index (χ1v) is 8.94. The van der Waals surface area contributed by atoms with Gasteiger partial charge < -0.3 is 10.2 Å². The first kappa shape index (κ1) is 20.0. The predicted molar refractivity (Wildman–Crippen MR) is 99.0 cm³/mol. The summed E-state index contributed by atoms with van der Waals surface area (Å²) in [5, 5.41) is 12.1. The maximum Gasteiger partial charge on any atom is 0.417 e. The molecule has 0 atom stereocenters. The number of hydrogen-bond acceptors (Lipinski definition) is 4. The van der Waals surface area contributed by atoms with Gasteiger partial charge in [-0.05, 0) is 43.2 Å². The van der Waals surface area contributed by atoms with Crippen molar-refractivity contribution in [2.45, 2.75) is 19.0 Å². The second-order valence-electron chi connectivity index (χ2n) is 6.45. The molecule has 1 amide bonds. The number of nitrogens with zero attached hydrogens (tertiary/aromatic N) is 3. The van der Waals surface area contributed by atoms with Crippen molar-refractivity contribution in [2.24, 2.45) is 5.92 Å². The molecule has 0 saturated carbocycles. The number of nitriles is 1. The maximum atomic E-state index is 13.1. The molecule has 1 aromatic heterocycles. The van der Waals surface area contributed by atoms with Crippen molar-refractivity contribution in [2.75, 3.05) is 23.3 Å². The van der Waals surface area contributed by atoms with E-state index in [0.29, 0.717) is 42.5 Å². The Morgan fingerprint density at radius 1 is 1.25 bits per heavy atom. The Balaban J connectivity index is 1.64. The number of benzene rings is 1. The highest BCUT2D eigenvalue weighted by molar-refractivity contribution is 6.30. The van der Waals surface area contributed by atoms with Crippen LogP contribution in [0.5, 0.6) is 0 Å². The summed E-state index contributed by atoms with van der Waals surface area (Å²) in [6.07, 6.45) is -2.16. The summed E-state index contributed by atoms with van der Waals surface area (Å²) in [5.41, 5.74) is -0.952. The number of rotatable bonds is 3. The molecule has 0 spiro atoms. The van der Waals surface area contributed by atoms with E-state index >= 15 is 0 Å². The lowest BCUT2D eigenvalue weighted by Gasteiger charge is -2.33. The van der Waals surface area contributed by atoms with Crippen molar-refractivity contribution in [3.8, 4) is 6.07 Å². The van der Waals surface area contributed by atoms with Crippen LogP contribution in [-0.4, -0.2) is 24.0 Å². The molecule has 0 unspecified atom stereocenters. The lowest BCUT2D eigenvalue weighted by atomic mass is 9.95. The molecule has 1 saturated heterocycles. The Morgan fingerprint density at radius 2 is 1.96 bits per heavy atom. The van der Waals surface area contributed by atoms with Crippen molar-refractivity contribution in [3.05, 3.63) is 52.7 Å². The molecular weight excluding hydrogens is 393 g/mol. The van der Waals surface area contributed by atoms with E-state index in [-0.39, 0.29) is 11.8 Å². The number of nitrogens with one attached hydrogen (secondary N) is 1. The highest BCUT2D eigenvalue weighted by Gasteiger charge is 2.34. The van der Waals surface area contributed by atoms with Gasteiger partial charge in [-0.3, -0.25) is 4.79 Å². The number of carbonyl (C=O) groups excluding carboxylic acids is 1. The molecule has 5 nitrogen and oxygen atoms in total. The molecule has 1 aliphatic heterocycles. The third kappa shape index (κ3) is 4.54. The number of alkyl halides is 3. The SMILES string of the molecule is N#Cc1ccc(N2CCC(C(=O)Nc3ccc(Cl)cn3)CC2)cc1C(F)(F)F. The standard InChI is InChI=1S/C19H16ClF3N4O/c20-14-2-4-17(25-11-14)26-18(28)12-5-7-27(8-6-12)15-3-1-13(10-24)16(9-15)19(21,22)23/h1-4,9,11-12H,5-8H2,(H,25,26,28). The molecule has 3 rings (SSSR count). The van der Waals surface area contributed by atoms with Gasteiger partial charge in [0.05, 0.1) is 22.2 Å². The van der Waals surface area contributed by atoms with E-state index < -0.39 is 17.3 Å². The van der Waals surface area contributed by atoms with Crippen molar-refractivity contribution >= 4 is 29.0 Å². The molecule has 146 valence electrons. The molecule has 1 N–H and O–H groups in total. The van der Waals surface area contributed by atoms with E-state index in [1.165, 1.54) is 18.3 Å². The van der Waals surface area contributed by atoms with E-state index in [2.05, 4.69) is 10.3 Å². The minimum absolute atomic E-state index is 0.176. The molecule has 2 heterocycles. The number of amides is 1. The van der Waals surface area contributed by atoms with E-state index in [0.717, 1.165) is 6.07 Å². The minimum Gasteiger partial charge on any atom is -0.371 e. The number of hydrogen-bond donors (Lipinski definition) is 1. The van der Waals surface area contributed by atoms with Crippen LogP contribution < -0.4 is 10.2 Å². The second kappa shape index (κ2) is 8.07. The van der Waals surface area contributed by atoms with Gasteiger partial charge in [-0.25, -0.2) is 4.98 Å². The highest BCUT2D eigenvalue weighted by Crippen LogP contribution is 2.35. The molecule has 0 radical (unpaired) electrons. The number of halogens is 4. The summed E-state index contributed by atoms with van der Waals surface area (Å²) in [4.78, 5) is 18.2. The van der Waals surface area contributed by atoms with Crippen LogP contribution in [0.3, 0.4) is 0 Å². The first-order chi connectivity index (χ1) is 13.3. The van der Waals surface area contributed by atoms with Gasteiger partial charge >= 0.3 is 6.18 Å². The summed E-state index contributed by atoms with van der Waals surface area (Å²) < 4.78 is 39.4. The average Bonchev–Trinajstić information content (AvgIpc) is 2.68. The molecule has 9 heteroatoms. The summed E-state index contributed by atoms with van der Waals surface area (Å²) >= 11 is 5.76. The fraction of sp³-hybridized carbons (Fsp3) is 0.316. The number of pyridine rings is 1. The summed E-state index contributed by atoms with van der Waals surface area (Å²) in [5.74, 6) is -0.0294. The van der Waals surface area contributed by atoms with Crippen LogP contribution in [-0.2, 0) is 11.0 Å². The van der Waals surface area contributed by atoms with Gasteiger partial charge in [0.1, 0.15) is 5.82 Å². The Kier molecular flexibility index (Phi) is 5.75. The van der Waals surface area contributed by atoms with Gasteiger partial charge in [-0.15, -0.1) is 0 Å². The molecule has 0 aliphatic carbocycles. The summed E-state index contributed by atoms with van der Waals surface area (Å²) in [7, 11) is 0. The predicted octanol–water partition coefficient (Wildman–Crippen LogP) is 4.48. The van der Waals surface area contributed by atoms with E-state index in [1.807, 2.05) is 0 Å². The Labute approximate surface area is 164 Å². The molecule has 1 fully saturated rings. The number of anilines is 2. The van der Waals surface area contributed by atoms with E-state index in [1.54, 1.807) is 23.1 Å². The lowest BCUT2D eigenvalue weighted by molar-refractivity contribution is -0.137. The number of carbonyl (C=O) groups is 1. The largest absolute Gasteiger partial charge is 0.417 e. The second-order valence-corrected chi connectivity index (χ2v) is 6.89. The van der Waals surface area contributed by atoms with Crippen LogP contribution in [0, 0.1) is 17.2 Å². The van der Waals surface area contributed by atoms with Gasteiger partial charge in [0, 0.05) is 30.9 Å². The summed E-state index contributed by atoms with van der Waals surface area (Å²) in [6.45, 7) is 0.880. The van der Waals surface area contributed by atoms with Crippen LogP contribution in [0.1, 0.15) is 24.0 Å². The van der Waals surface area contributed by atoms with Crippen molar-refractivity contribution in [1.29, 1.82) is 5.26 Å². The third-order valence-electron chi connectivity index (χ3n) is 4.64. The van der Waals surface area contributed by atoms with E-state index in [4.69, 9.17) is 16.9 Å². The quantitative estimate of drug-likeness (QED) is 0.813. The zero-order valence-corrected chi connectivity index (χ0v) is 15.4.